The number of hydrogen-bond acceptors (Lipinski definition) is 6. The third kappa shape index (κ3) is 4.96. The van der Waals surface area contributed by atoms with Gasteiger partial charge in [-0.25, -0.2) is 8.78 Å². The molecule has 1 aliphatic carbocycles. The van der Waals surface area contributed by atoms with Crippen LogP contribution in [0.3, 0.4) is 0 Å². The van der Waals surface area contributed by atoms with Crippen molar-refractivity contribution in [1.29, 1.82) is 0 Å². The highest BCUT2D eigenvalue weighted by molar-refractivity contribution is 5.95. The van der Waals surface area contributed by atoms with E-state index in [0.29, 0.717) is 11.3 Å². The van der Waals surface area contributed by atoms with Crippen molar-refractivity contribution in [2.75, 3.05) is 33.6 Å². The van der Waals surface area contributed by atoms with Crippen LogP contribution in [-0.4, -0.2) is 61.4 Å². The van der Waals surface area contributed by atoms with Crippen molar-refractivity contribution in [2.24, 2.45) is 5.92 Å². The molecule has 0 spiro atoms. The molecule has 3 aliphatic rings. The van der Waals surface area contributed by atoms with Crippen LogP contribution in [0.1, 0.15) is 40.9 Å². The molecule has 2 atom stereocenters. The number of benzene rings is 1. The highest BCUT2D eigenvalue weighted by Crippen LogP contribution is 2.44. The van der Waals surface area contributed by atoms with Gasteiger partial charge in [0.2, 0.25) is 5.92 Å². The zero-order valence-corrected chi connectivity index (χ0v) is 19.9. The first-order valence-corrected chi connectivity index (χ1v) is 11.8. The summed E-state index contributed by atoms with van der Waals surface area (Å²) in [5.74, 6) is -2.57. The maximum atomic E-state index is 13.3. The fraction of sp³-hybridized carbons (Fsp3) is 0.520. The highest BCUT2D eigenvalue weighted by atomic mass is 19.4. The Kier molecular flexibility index (Phi) is 6.51. The van der Waals surface area contributed by atoms with Gasteiger partial charge in [-0.2, -0.15) is 13.2 Å². The van der Waals surface area contributed by atoms with Gasteiger partial charge in [-0.3, -0.25) is 9.78 Å². The second-order valence-corrected chi connectivity index (χ2v) is 9.54. The largest absolute Gasteiger partial charge is 0.493 e. The van der Waals surface area contributed by atoms with Gasteiger partial charge in [-0.1, -0.05) is 0 Å². The second kappa shape index (κ2) is 9.39. The number of ether oxygens (including phenoxy) is 4. The van der Waals surface area contributed by atoms with Crippen LogP contribution in [0.15, 0.2) is 36.5 Å². The van der Waals surface area contributed by atoms with Crippen LogP contribution >= 0.6 is 0 Å². The SMILES string of the molecule is COc1cc(C(=O)N2CC[C@]3(c4cc(C(F)(F)F)ccn4)OCO[C@@H]3C2)ccc1OCC1CC(F)(F)C1. The number of fused-ring (bicyclic) bond motifs is 1. The summed E-state index contributed by atoms with van der Waals surface area (Å²) in [5, 5.41) is 0. The van der Waals surface area contributed by atoms with Crippen LogP contribution in [0.25, 0.3) is 0 Å². The third-order valence-electron chi connectivity index (χ3n) is 7.11. The van der Waals surface area contributed by atoms with Crippen LogP contribution in [0.2, 0.25) is 0 Å². The number of carbonyl (C=O) groups excluding carboxylic acids is 1. The molecule has 0 bridgehead atoms. The predicted molar refractivity (Wildman–Crippen MR) is 118 cm³/mol. The van der Waals surface area contributed by atoms with Crippen LogP contribution < -0.4 is 9.47 Å². The Morgan fingerprint density at radius 1 is 1.19 bits per heavy atom. The highest BCUT2D eigenvalue weighted by Gasteiger charge is 2.53. The minimum atomic E-state index is -4.53. The summed E-state index contributed by atoms with van der Waals surface area (Å²) in [6.45, 7) is 0.285. The Bertz CT molecular complexity index is 1170. The fourth-order valence-corrected chi connectivity index (χ4v) is 5.08. The number of methoxy groups -OCH3 is 1. The first kappa shape index (κ1) is 25.7. The molecule has 7 nitrogen and oxygen atoms in total. The fourth-order valence-electron chi connectivity index (χ4n) is 5.08. The number of hydrogen-bond donors (Lipinski definition) is 0. The molecular weight excluding hydrogens is 503 g/mol. The van der Waals surface area contributed by atoms with E-state index in [9.17, 15) is 26.7 Å². The summed E-state index contributed by atoms with van der Waals surface area (Å²) in [7, 11) is 1.41. The lowest BCUT2D eigenvalue weighted by Crippen LogP contribution is -2.54. The number of likely N-dealkylation sites (tertiary alicyclic amines) is 1. The maximum absolute atomic E-state index is 13.3. The van der Waals surface area contributed by atoms with Crippen LogP contribution in [-0.2, 0) is 21.3 Å². The van der Waals surface area contributed by atoms with Gasteiger partial charge in [0.05, 0.1) is 31.5 Å². The monoisotopic (exact) mass is 528 g/mol. The number of rotatable bonds is 6. The number of aromatic nitrogens is 1. The van der Waals surface area contributed by atoms with Gasteiger partial charge in [0, 0.05) is 43.5 Å². The van der Waals surface area contributed by atoms with Gasteiger partial charge in [0.1, 0.15) is 18.5 Å². The van der Waals surface area contributed by atoms with Crippen molar-refractivity contribution in [3.63, 3.8) is 0 Å². The van der Waals surface area contributed by atoms with E-state index in [1.54, 1.807) is 12.1 Å². The lowest BCUT2D eigenvalue weighted by molar-refractivity contribution is -0.138. The van der Waals surface area contributed by atoms with Crippen molar-refractivity contribution in [3.8, 4) is 11.5 Å². The van der Waals surface area contributed by atoms with E-state index in [1.807, 2.05) is 0 Å². The zero-order chi connectivity index (χ0) is 26.4. The molecule has 5 rings (SSSR count). The summed E-state index contributed by atoms with van der Waals surface area (Å²) < 4.78 is 88.3. The van der Waals surface area contributed by atoms with E-state index in [2.05, 4.69) is 4.98 Å². The third-order valence-corrected chi connectivity index (χ3v) is 7.11. The normalized spacial score (nSPS) is 25.4. The molecule has 0 N–H and O–H groups in total. The standard InChI is InChI=1S/C25H25F5N2O5/c1-34-19-8-16(2-3-18(19)35-13-15-10-23(26,27)11-15)22(33)32-7-5-24(21(12-32)36-14-37-24)20-9-17(4-6-31-20)25(28,29)30/h2-4,6,8-9,15,21H,5,7,10-14H2,1H3/t21-,24-/m1/s1. The van der Waals surface area contributed by atoms with Crippen molar-refractivity contribution in [2.45, 2.75) is 43.1 Å². The molecule has 2 aliphatic heterocycles. The Balaban J connectivity index is 1.28. The molecule has 2 aromatic rings. The van der Waals surface area contributed by atoms with Gasteiger partial charge in [-0.05, 0) is 30.3 Å². The summed E-state index contributed by atoms with van der Waals surface area (Å²) >= 11 is 0. The lowest BCUT2D eigenvalue weighted by atomic mass is 9.82. The van der Waals surface area contributed by atoms with E-state index in [1.165, 1.54) is 18.1 Å². The average Bonchev–Trinajstić information content (AvgIpc) is 3.29. The smallest absolute Gasteiger partial charge is 0.416 e. The molecule has 1 amide bonds. The lowest BCUT2D eigenvalue weighted by Gasteiger charge is -2.41. The molecule has 1 aromatic carbocycles. The first-order valence-electron chi connectivity index (χ1n) is 11.8. The van der Waals surface area contributed by atoms with Crippen LogP contribution in [0.5, 0.6) is 11.5 Å². The van der Waals surface area contributed by atoms with Crippen molar-refractivity contribution < 1.29 is 45.7 Å². The minimum Gasteiger partial charge on any atom is -0.493 e. The molecule has 0 radical (unpaired) electrons. The van der Waals surface area contributed by atoms with E-state index in [-0.39, 0.29) is 69.0 Å². The summed E-state index contributed by atoms with van der Waals surface area (Å²) in [6, 6.07) is 6.48. The zero-order valence-electron chi connectivity index (χ0n) is 19.9. The Morgan fingerprint density at radius 3 is 2.68 bits per heavy atom. The van der Waals surface area contributed by atoms with Gasteiger partial charge in [-0.15, -0.1) is 0 Å². The van der Waals surface area contributed by atoms with Crippen LogP contribution in [0, 0.1) is 5.92 Å². The minimum absolute atomic E-state index is 0.0905. The Labute approximate surface area is 209 Å². The number of carbonyl (C=O) groups is 1. The predicted octanol–water partition coefficient (Wildman–Crippen LogP) is 4.65. The number of amides is 1. The van der Waals surface area contributed by atoms with E-state index >= 15 is 0 Å². The molecule has 3 fully saturated rings. The van der Waals surface area contributed by atoms with Crippen LogP contribution in [0.4, 0.5) is 22.0 Å². The quantitative estimate of drug-likeness (QED) is 0.509. The van der Waals surface area contributed by atoms with Crippen molar-refractivity contribution in [3.05, 3.63) is 53.3 Å². The summed E-state index contributed by atoms with van der Waals surface area (Å²) in [5.41, 5.74) is -1.60. The Morgan fingerprint density at radius 2 is 1.97 bits per heavy atom. The van der Waals surface area contributed by atoms with Crippen molar-refractivity contribution in [1.82, 2.24) is 9.88 Å². The molecule has 200 valence electrons. The molecule has 0 unspecified atom stereocenters. The number of nitrogens with zero attached hydrogens (tertiary/aromatic N) is 2. The van der Waals surface area contributed by atoms with E-state index in [0.717, 1.165) is 18.3 Å². The molecule has 37 heavy (non-hydrogen) atoms. The number of alkyl halides is 5. The first-order chi connectivity index (χ1) is 17.5. The average molecular weight is 528 g/mol. The molecule has 1 aromatic heterocycles. The summed E-state index contributed by atoms with van der Waals surface area (Å²) in [4.78, 5) is 18.9. The maximum Gasteiger partial charge on any atom is 0.416 e. The van der Waals surface area contributed by atoms with Gasteiger partial charge < -0.3 is 23.8 Å². The molecule has 1 saturated carbocycles. The number of pyridine rings is 1. The van der Waals surface area contributed by atoms with Gasteiger partial charge >= 0.3 is 6.18 Å². The molecule has 2 saturated heterocycles. The van der Waals surface area contributed by atoms with Gasteiger partial charge in [0.15, 0.2) is 11.5 Å². The summed E-state index contributed by atoms with van der Waals surface area (Å²) in [6.07, 6.45) is -4.38. The van der Waals surface area contributed by atoms with E-state index < -0.39 is 29.4 Å². The number of halogens is 5. The second-order valence-electron chi connectivity index (χ2n) is 9.54. The van der Waals surface area contributed by atoms with E-state index in [4.69, 9.17) is 18.9 Å². The topological polar surface area (TPSA) is 70.1 Å². The molecular formula is C25H25F5N2O5. The van der Waals surface area contributed by atoms with Crippen molar-refractivity contribution >= 4 is 5.91 Å². The Hall–Kier alpha value is -2.99. The van der Waals surface area contributed by atoms with Gasteiger partial charge in [0.25, 0.3) is 5.91 Å². The molecule has 12 heteroatoms. The molecule has 3 heterocycles. The number of piperidine rings is 1.